The van der Waals surface area contributed by atoms with E-state index in [1.165, 1.54) is 0 Å². The summed E-state index contributed by atoms with van der Waals surface area (Å²) in [7, 11) is 0. The lowest BCUT2D eigenvalue weighted by Gasteiger charge is -2.01. The molecule has 0 aliphatic rings. The van der Waals surface area contributed by atoms with Crippen LogP contribution in [-0.2, 0) is 6.54 Å². The minimum atomic E-state index is -0.134. The summed E-state index contributed by atoms with van der Waals surface area (Å²) >= 11 is 0. The molecule has 4 heteroatoms. The molecule has 0 amide bonds. The third-order valence-corrected chi connectivity index (χ3v) is 2.10. The highest BCUT2D eigenvalue weighted by Crippen LogP contribution is 2.06. The zero-order chi connectivity index (χ0) is 9.97. The summed E-state index contributed by atoms with van der Waals surface area (Å²) in [6.07, 6.45) is 3.30. The second-order valence-corrected chi connectivity index (χ2v) is 3.01. The molecule has 0 spiro atoms. The average molecular weight is 189 g/mol. The van der Waals surface area contributed by atoms with Crippen LogP contribution in [0.25, 0.3) is 5.69 Å². The molecular weight excluding hydrogens is 178 g/mol. The molecule has 1 aromatic heterocycles. The molecule has 0 aliphatic carbocycles. The Bertz CT molecular complexity index is 467. The predicted molar refractivity (Wildman–Crippen MR) is 54.3 cm³/mol. The van der Waals surface area contributed by atoms with E-state index >= 15 is 0 Å². The van der Waals surface area contributed by atoms with Gasteiger partial charge in [-0.2, -0.15) is 0 Å². The van der Waals surface area contributed by atoms with Crippen LogP contribution < -0.4 is 11.4 Å². The van der Waals surface area contributed by atoms with E-state index < -0.39 is 0 Å². The van der Waals surface area contributed by atoms with Crippen molar-refractivity contribution in [3.63, 3.8) is 0 Å². The molecule has 0 aliphatic heterocycles. The van der Waals surface area contributed by atoms with Gasteiger partial charge in [0.25, 0.3) is 0 Å². The molecule has 0 bridgehead atoms. The molecule has 0 atom stereocenters. The standard InChI is InChI=1S/C10H11N3O/c11-7-8-1-3-9(4-2-8)13-6-5-12-10(13)14/h1-6H,7,11H2,(H,12,14). The number of imidazole rings is 1. The molecule has 2 aromatic rings. The smallest absolute Gasteiger partial charge is 0.326 e. The molecule has 0 saturated heterocycles. The molecule has 1 heterocycles. The van der Waals surface area contributed by atoms with Crippen molar-refractivity contribution in [2.75, 3.05) is 0 Å². The average Bonchev–Trinajstić information content (AvgIpc) is 2.65. The third-order valence-electron chi connectivity index (χ3n) is 2.10. The number of aromatic amines is 1. The summed E-state index contributed by atoms with van der Waals surface area (Å²) in [5, 5.41) is 0. The van der Waals surface area contributed by atoms with Crippen molar-refractivity contribution >= 4 is 0 Å². The minimum Gasteiger partial charge on any atom is -0.326 e. The number of hydrogen-bond acceptors (Lipinski definition) is 2. The van der Waals surface area contributed by atoms with Crippen LogP contribution >= 0.6 is 0 Å². The van der Waals surface area contributed by atoms with Crippen molar-refractivity contribution in [1.29, 1.82) is 0 Å². The molecular formula is C10H11N3O. The topological polar surface area (TPSA) is 63.8 Å². The SMILES string of the molecule is NCc1ccc(-n2cc[nH]c2=O)cc1. The van der Waals surface area contributed by atoms with Gasteiger partial charge in [0.2, 0.25) is 0 Å². The van der Waals surface area contributed by atoms with E-state index in [9.17, 15) is 4.79 Å². The molecule has 1 aromatic carbocycles. The first-order chi connectivity index (χ1) is 6.81. The molecule has 0 saturated carbocycles. The summed E-state index contributed by atoms with van der Waals surface area (Å²) in [5.41, 5.74) is 7.23. The van der Waals surface area contributed by atoms with Crippen molar-refractivity contribution in [3.8, 4) is 5.69 Å². The van der Waals surface area contributed by atoms with Crippen LogP contribution in [0, 0.1) is 0 Å². The number of aromatic nitrogens is 2. The van der Waals surface area contributed by atoms with E-state index in [0.717, 1.165) is 11.3 Å². The first kappa shape index (κ1) is 8.77. The van der Waals surface area contributed by atoms with Crippen LogP contribution in [0.1, 0.15) is 5.56 Å². The highest BCUT2D eigenvalue weighted by molar-refractivity contribution is 5.34. The summed E-state index contributed by atoms with van der Waals surface area (Å²) in [4.78, 5) is 13.8. The number of hydrogen-bond donors (Lipinski definition) is 2. The second-order valence-electron chi connectivity index (χ2n) is 3.01. The van der Waals surface area contributed by atoms with Crippen molar-refractivity contribution in [3.05, 3.63) is 52.7 Å². The van der Waals surface area contributed by atoms with Crippen molar-refractivity contribution in [2.24, 2.45) is 5.73 Å². The Morgan fingerprint density at radius 2 is 2.00 bits per heavy atom. The normalized spacial score (nSPS) is 10.4. The lowest BCUT2D eigenvalue weighted by atomic mass is 10.2. The van der Waals surface area contributed by atoms with Crippen LogP contribution in [0.2, 0.25) is 0 Å². The van der Waals surface area contributed by atoms with Gasteiger partial charge in [0.15, 0.2) is 0 Å². The van der Waals surface area contributed by atoms with Gasteiger partial charge in [-0.1, -0.05) is 12.1 Å². The van der Waals surface area contributed by atoms with Gasteiger partial charge >= 0.3 is 5.69 Å². The van der Waals surface area contributed by atoms with Crippen LogP contribution in [-0.4, -0.2) is 9.55 Å². The second kappa shape index (κ2) is 3.51. The molecule has 3 N–H and O–H groups in total. The maximum absolute atomic E-state index is 11.3. The van der Waals surface area contributed by atoms with Gasteiger partial charge in [-0.05, 0) is 17.7 Å². The lowest BCUT2D eigenvalue weighted by molar-refractivity contribution is 0.981. The fraction of sp³-hybridized carbons (Fsp3) is 0.100. The van der Waals surface area contributed by atoms with Gasteiger partial charge in [-0.3, -0.25) is 4.57 Å². The zero-order valence-corrected chi connectivity index (χ0v) is 7.60. The Hall–Kier alpha value is -1.81. The quantitative estimate of drug-likeness (QED) is 0.727. The number of nitrogens with one attached hydrogen (secondary N) is 1. The molecule has 72 valence electrons. The molecule has 14 heavy (non-hydrogen) atoms. The van der Waals surface area contributed by atoms with E-state index in [1.807, 2.05) is 24.3 Å². The Kier molecular flexibility index (Phi) is 2.20. The van der Waals surface area contributed by atoms with Gasteiger partial charge in [0.05, 0.1) is 5.69 Å². The zero-order valence-electron chi connectivity index (χ0n) is 7.60. The summed E-state index contributed by atoms with van der Waals surface area (Å²) in [5.74, 6) is 0. The Morgan fingerprint density at radius 1 is 1.29 bits per heavy atom. The van der Waals surface area contributed by atoms with Crippen LogP contribution in [0.4, 0.5) is 0 Å². The van der Waals surface area contributed by atoms with Crippen LogP contribution in [0.15, 0.2) is 41.5 Å². The number of benzene rings is 1. The molecule has 0 fully saturated rings. The Balaban J connectivity index is 2.44. The van der Waals surface area contributed by atoms with E-state index in [1.54, 1.807) is 17.0 Å². The maximum Gasteiger partial charge on any atom is 0.330 e. The van der Waals surface area contributed by atoms with Crippen LogP contribution in [0.5, 0.6) is 0 Å². The van der Waals surface area contributed by atoms with E-state index in [0.29, 0.717) is 6.54 Å². The molecule has 4 nitrogen and oxygen atoms in total. The van der Waals surface area contributed by atoms with Crippen molar-refractivity contribution in [2.45, 2.75) is 6.54 Å². The van der Waals surface area contributed by atoms with Gasteiger partial charge < -0.3 is 10.7 Å². The highest BCUT2D eigenvalue weighted by atomic mass is 16.1. The maximum atomic E-state index is 11.3. The van der Waals surface area contributed by atoms with Gasteiger partial charge in [0, 0.05) is 18.9 Å². The van der Waals surface area contributed by atoms with E-state index in [-0.39, 0.29) is 5.69 Å². The minimum absolute atomic E-state index is 0.134. The van der Waals surface area contributed by atoms with E-state index in [2.05, 4.69) is 4.98 Å². The van der Waals surface area contributed by atoms with Crippen molar-refractivity contribution < 1.29 is 0 Å². The number of H-pyrrole nitrogens is 1. The fourth-order valence-electron chi connectivity index (χ4n) is 1.32. The Morgan fingerprint density at radius 3 is 2.50 bits per heavy atom. The predicted octanol–water partition coefficient (Wildman–Crippen LogP) is 0.624. The van der Waals surface area contributed by atoms with Gasteiger partial charge in [-0.25, -0.2) is 4.79 Å². The molecule has 0 unspecified atom stereocenters. The summed E-state index contributed by atoms with van der Waals surface area (Å²) in [6, 6.07) is 7.57. The monoisotopic (exact) mass is 189 g/mol. The molecule has 0 radical (unpaired) electrons. The molecule has 2 rings (SSSR count). The largest absolute Gasteiger partial charge is 0.330 e. The number of rotatable bonds is 2. The summed E-state index contributed by atoms with van der Waals surface area (Å²) in [6.45, 7) is 0.516. The lowest BCUT2D eigenvalue weighted by Crippen LogP contribution is -2.13. The number of nitrogens with zero attached hydrogens (tertiary/aromatic N) is 1. The van der Waals surface area contributed by atoms with Gasteiger partial charge in [-0.15, -0.1) is 0 Å². The van der Waals surface area contributed by atoms with Crippen LogP contribution in [0.3, 0.4) is 0 Å². The first-order valence-electron chi connectivity index (χ1n) is 4.36. The van der Waals surface area contributed by atoms with E-state index in [4.69, 9.17) is 5.73 Å². The highest BCUT2D eigenvalue weighted by Gasteiger charge is 1.98. The Labute approximate surface area is 81.0 Å². The third kappa shape index (κ3) is 1.47. The fourth-order valence-corrected chi connectivity index (χ4v) is 1.32. The summed E-state index contributed by atoms with van der Waals surface area (Å²) < 4.78 is 1.54. The van der Waals surface area contributed by atoms with Gasteiger partial charge in [0.1, 0.15) is 0 Å². The number of nitrogens with two attached hydrogens (primary N) is 1. The first-order valence-corrected chi connectivity index (χ1v) is 4.36. The van der Waals surface area contributed by atoms with Crippen molar-refractivity contribution in [1.82, 2.24) is 9.55 Å².